The summed E-state index contributed by atoms with van der Waals surface area (Å²) < 4.78 is 2.15. The van der Waals surface area contributed by atoms with Gasteiger partial charge in [0.2, 0.25) is 0 Å². The second kappa shape index (κ2) is 3.87. The van der Waals surface area contributed by atoms with Crippen LogP contribution in [0.3, 0.4) is 0 Å². The molecule has 2 rings (SSSR count). The van der Waals surface area contributed by atoms with E-state index in [1.807, 2.05) is 23.9 Å². The van der Waals surface area contributed by atoms with Crippen molar-refractivity contribution >= 4 is 34.3 Å². The number of nitrogens with zero attached hydrogens (tertiary/aromatic N) is 1. The summed E-state index contributed by atoms with van der Waals surface area (Å²) in [7, 11) is 2.07. The zero-order valence-electron chi connectivity index (χ0n) is 8.25. The van der Waals surface area contributed by atoms with E-state index >= 15 is 0 Å². The fourth-order valence-corrected chi connectivity index (χ4v) is 2.43. The average molecular weight is 226 g/mol. The van der Waals surface area contributed by atoms with E-state index in [2.05, 4.69) is 30.1 Å². The van der Waals surface area contributed by atoms with Gasteiger partial charge in [-0.05, 0) is 30.0 Å². The molecule has 3 heteroatoms. The van der Waals surface area contributed by atoms with Gasteiger partial charge in [0.1, 0.15) is 0 Å². The SMILES string of the molecule is CSCc1cn(C)c2ccc(Cl)cc12. The van der Waals surface area contributed by atoms with Crippen LogP contribution >= 0.6 is 23.4 Å². The van der Waals surface area contributed by atoms with Gasteiger partial charge in [0, 0.05) is 34.9 Å². The smallest absolute Gasteiger partial charge is 0.0481 e. The van der Waals surface area contributed by atoms with Crippen molar-refractivity contribution < 1.29 is 0 Å². The molecule has 0 unspecified atom stereocenters. The number of benzene rings is 1. The van der Waals surface area contributed by atoms with Gasteiger partial charge in [-0.25, -0.2) is 0 Å². The van der Waals surface area contributed by atoms with Crippen molar-refractivity contribution in [3.63, 3.8) is 0 Å². The first-order valence-corrected chi connectivity index (χ1v) is 6.22. The topological polar surface area (TPSA) is 4.93 Å². The van der Waals surface area contributed by atoms with Crippen LogP contribution in [0.4, 0.5) is 0 Å². The van der Waals surface area contributed by atoms with Crippen LogP contribution in [-0.2, 0) is 12.8 Å². The first kappa shape index (κ1) is 9.94. The van der Waals surface area contributed by atoms with E-state index in [0.29, 0.717) is 0 Å². The normalized spacial score (nSPS) is 11.1. The number of fused-ring (bicyclic) bond motifs is 1. The average Bonchev–Trinajstić information content (AvgIpc) is 2.44. The Morgan fingerprint density at radius 1 is 1.43 bits per heavy atom. The third-order valence-electron chi connectivity index (χ3n) is 2.33. The molecule has 74 valence electrons. The summed E-state index contributed by atoms with van der Waals surface area (Å²) in [6.07, 6.45) is 4.29. The fourth-order valence-electron chi connectivity index (χ4n) is 1.72. The van der Waals surface area contributed by atoms with Crippen LogP contribution < -0.4 is 0 Å². The van der Waals surface area contributed by atoms with Crippen LogP contribution in [0.1, 0.15) is 5.56 Å². The molecular weight excluding hydrogens is 214 g/mol. The molecule has 0 bridgehead atoms. The monoisotopic (exact) mass is 225 g/mol. The van der Waals surface area contributed by atoms with E-state index in [4.69, 9.17) is 11.6 Å². The standard InChI is InChI=1S/C11H12ClNS/c1-13-6-8(7-14-2)10-5-9(12)3-4-11(10)13/h3-6H,7H2,1-2H3. The van der Waals surface area contributed by atoms with Crippen LogP contribution in [0.15, 0.2) is 24.4 Å². The number of hydrogen-bond acceptors (Lipinski definition) is 1. The predicted molar refractivity (Wildman–Crippen MR) is 65.1 cm³/mol. The molecule has 0 spiro atoms. The van der Waals surface area contributed by atoms with Gasteiger partial charge in [0.05, 0.1) is 0 Å². The second-order valence-corrected chi connectivity index (χ2v) is 4.66. The van der Waals surface area contributed by atoms with Gasteiger partial charge >= 0.3 is 0 Å². The zero-order chi connectivity index (χ0) is 10.1. The van der Waals surface area contributed by atoms with Gasteiger partial charge in [-0.1, -0.05) is 11.6 Å². The molecule has 0 radical (unpaired) electrons. The molecule has 0 saturated carbocycles. The van der Waals surface area contributed by atoms with Gasteiger partial charge in [0.15, 0.2) is 0 Å². The third-order valence-corrected chi connectivity index (χ3v) is 3.17. The molecule has 1 nitrogen and oxygen atoms in total. The summed E-state index contributed by atoms with van der Waals surface area (Å²) in [6.45, 7) is 0. The summed E-state index contributed by atoms with van der Waals surface area (Å²) in [5.74, 6) is 1.04. The number of aryl methyl sites for hydroxylation is 1. The van der Waals surface area contributed by atoms with Crippen molar-refractivity contribution in [3.8, 4) is 0 Å². The van der Waals surface area contributed by atoms with Crippen LogP contribution in [0.2, 0.25) is 5.02 Å². The third kappa shape index (κ3) is 1.64. The van der Waals surface area contributed by atoms with E-state index < -0.39 is 0 Å². The van der Waals surface area contributed by atoms with Gasteiger partial charge < -0.3 is 4.57 Å². The number of rotatable bonds is 2. The molecular formula is C11H12ClNS. The summed E-state index contributed by atoms with van der Waals surface area (Å²) in [5, 5.41) is 2.08. The maximum Gasteiger partial charge on any atom is 0.0481 e. The van der Waals surface area contributed by atoms with Crippen molar-refractivity contribution in [3.05, 3.63) is 35.0 Å². The Kier molecular flexibility index (Phi) is 2.75. The minimum Gasteiger partial charge on any atom is -0.350 e. The second-order valence-electron chi connectivity index (χ2n) is 3.36. The molecule has 0 fully saturated rings. The molecule has 0 amide bonds. The van der Waals surface area contributed by atoms with Crippen LogP contribution in [-0.4, -0.2) is 10.8 Å². The highest BCUT2D eigenvalue weighted by atomic mass is 35.5. The molecule has 2 aromatic rings. The Morgan fingerprint density at radius 2 is 2.21 bits per heavy atom. The molecule has 1 aromatic heterocycles. The summed E-state index contributed by atoms with van der Waals surface area (Å²) in [5.41, 5.74) is 2.61. The molecule has 0 aliphatic rings. The van der Waals surface area contributed by atoms with Gasteiger partial charge in [-0.2, -0.15) is 11.8 Å². The molecule has 1 aromatic carbocycles. The van der Waals surface area contributed by atoms with Crippen LogP contribution in [0.25, 0.3) is 10.9 Å². The van der Waals surface area contributed by atoms with E-state index in [1.54, 1.807) is 0 Å². The Morgan fingerprint density at radius 3 is 2.93 bits per heavy atom. The minimum atomic E-state index is 0.811. The van der Waals surface area contributed by atoms with Crippen molar-refractivity contribution in [2.24, 2.45) is 7.05 Å². The van der Waals surface area contributed by atoms with Crippen molar-refractivity contribution in [2.75, 3.05) is 6.26 Å². The molecule has 1 heterocycles. The number of hydrogen-bond donors (Lipinski definition) is 0. The number of aromatic nitrogens is 1. The molecule has 0 aliphatic carbocycles. The lowest BCUT2D eigenvalue weighted by molar-refractivity contribution is 0.963. The van der Waals surface area contributed by atoms with E-state index in [9.17, 15) is 0 Å². The quantitative estimate of drug-likeness (QED) is 0.755. The van der Waals surface area contributed by atoms with E-state index in [-0.39, 0.29) is 0 Å². The van der Waals surface area contributed by atoms with Crippen molar-refractivity contribution in [1.82, 2.24) is 4.57 Å². The van der Waals surface area contributed by atoms with Gasteiger partial charge in [-0.3, -0.25) is 0 Å². The Bertz CT molecular complexity index is 462. The highest BCUT2D eigenvalue weighted by molar-refractivity contribution is 7.97. The lowest BCUT2D eigenvalue weighted by Gasteiger charge is -1.96. The first-order chi connectivity index (χ1) is 6.72. The predicted octanol–water partition coefficient (Wildman–Crippen LogP) is 3.69. The molecule has 0 atom stereocenters. The minimum absolute atomic E-state index is 0.811. The summed E-state index contributed by atoms with van der Waals surface area (Å²) >= 11 is 7.82. The first-order valence-electron chi connectivity index (χ1n) is 4.45. The molecule has 14 heavy (non-hydrogen) atoms. The summed E-state index contributed by atoms with van der Waals surface area (Å²) in [6, 6.07) is 6.05. The number of halogens is 1. The van der Waals surface area contributed by atoms with Crippen molar-refractivity contribution in [2.45, 2.75) is 5.75 Å². The Balaban J connectivity index is 2.66. The molecule has 0 saturated heterocycles. The maximum absolute atomic E-state index is 5.98. The fraction of sp³-hybridized carbons (Fsp3) is 0.273. The maximum atomic E-state index is 5.98. The van der Waals surface area contributed by atoms with Crippen molar-refractivity contribution in [1.29, 1.82) is 0 Å². The number of thioether (sulfide) groups is 1. The highest BCUT2D eigenvalue weighted by Crippen LogP contribution is 2.26. The molecule has 0 N–H and O–H groups in total. The Hall–Kier alpha value is -0.600. The summed E-state index contributed by atoms with van der Waals surface area (Å²) in [4.78, 5) is 0. The van der Waals surface area contributed by atoms with E-state index in [0.717, 1.165) is 10.8 Å². The van der Waals surface area contributed by atoms with Gasteiger partial charge in [0.25, 0.3) is 0 Å². The molecule has 0 aliphatic heterocycles. The van der Waals surface area contributed by atoms with Crippen LogP contribution in [0, 0.1) is 0 Å². The Labute approximate surface area is 93.1 Å². The van der Waals surface area contributed by atoms with Crippen LogP contribution in [0.5, 0.6) is 0 Å². The van der Waals surface area contributed by atoms with Gasteiger partial charge in [-0.15, -0.1) is 0 Å². The van der Waals surface area contributed by atoms with E-state index in [1.165, 1.54) is 16.5 Å². The zero-order valence-corrected chi connectivity index (χ0v) is 9.82. The lowest BCUT2D eigenvalue weighted by atomic mass is 10.2. The highest BCUT2D eigenvalue weighted by Gasteiger charge is 2.05. The lowest BCUT2D eigenvalue weighted by Crippen LogP contribution is -1.82. The largest absolute Gasteiger partial charge is 0.350 e.